The van der Waals surface area contributed by atoms with Gasteiger partial charge >= 0.3 is 0 Å². The van der Waals surface area contributed by atoms with E-state index in [1.165, 1.54) is 5.56 Å². The van der Waals surface area contributed by atoms with Crippen LogP contribution in [0.2, 0.25) is 0 Å². The minimum absolute atomic E-state index is 0.207. The van der Waals surface area contributed by atoms with Crippen molar-refractivity contribution >= 4 is 0 Å². The average molecular weight is 245 g/mol. The molecule has 2 nitrogen and oxygen atoms in total. The van der Waals surface area contributed by atoms with Crippen molar-refractivity contribution in [1.29, 1.82) is 5.26 Å². The maximum absolute atomic E-state index is 8.92. The molecule has 0 atom stereocenters. The topological polar surface area (TPSA) is 33.0 Å². The van der Waals surface area contributed by atoms with Crippen LogP contribution < -0.4 is 4.74 Å². The molecule has 0 aliphatic carbocycles. The zero-order valence-corrected chi connectivity index (χ0v) is 11.7. The van der Waals surface area contributed by atoms with Crippen molar-refractivity contribution in [1.82, 2.24) is 0 Å². The van der Waals surface area contributed by atoms with Crippen molar-refractivity contribution in [3.8, 4) is 11.8 Å². The third kappa shape index (κ3) is 4.79. The lowest BCUT2D eigenvalue weighted by molar-refractivity contribution is 0.292. The van der Waals surface area contributed by atoms with E-state index in [-0.39, 0.29) is 5.41 Å². The van der Waals surface area contributed by atoms with E-state index in [2.05, 4.69) is 19.1 Å². The molecule has 1 aromatic carbocycles. The fourth-order valence-electron chi connectivity index (χ4n) is 1.84. The highest BCUT2D eigenvalue weighted by atomic mass is 16.5. The number of aryl methyl sites for hydroxylation is 1. The predicted molar refractivity (Wildman–Crippen MR) is 74.6 cm³/mol. The van der Waals surface area contributed by atoms with Gasteiger partial charge in [0.15, 0.2) is 0 Å². The second-order valence-electron chi connectivity index (χ2n) is 5.26. The lowest BCUT2D eigenvalue weighted by Crippen LogP contribution is -2.08. The number of unbranched alkanes of at least 4 members (excludes halogenated alkanes) is 1. The van der Waals surface area contributed by atoms with Gasteiger partial charge in [-0.3, -0.25) is 0 Å². The van der Waals surface area contributed by atoms with E-state index in [0.717, 1.165) is 38.0 Å². The molecule has 0 spiro atoms. The van der Waals surface area contributed by atoms with Crippen LogP contribution in [0.15, 0.2) is 24.3 Å². The molecule has 0 fully saturated rings. The summed E-state index contributed by atoms with van der Waals surface area (Å²) in [5.41, 5.74) is 1.05. The van der Waals surface area contributed by atoms with E-state index < -0.39 is 0 Å². The van der Waals surface area contributed by atoms with Crippen molar-refractivity contribution in [2.75, 3.05) is 6.61 Å². The molecular weight excluding hydrogens is 222 g/mol. The van der Waals surface area contributed by atoms with Crippen LogP contribution in [0.1, 0.15) is 45.6 Å². The summed E-state index contributed by atoms with van der Waals surface area (Å²) in [5, 5.41) is 8.92. The number of ether oxygens (including phenoxy) is 1. The first kappa shape index (κ1) is 14.6. The van der Waals surface area contributed by atoms with Crippen molar-refractivity contribution in [3.63, 3.8) is 0 Å². The Kier molecular flexibility index (Phi) is 5.71. The van der Waals surface area contributed by atoms with Gasteiger partial charge in [-0.15, -0.1) is 0 Å². The van der Waals surface area contributed by atoms with Gasteiger partial charge in [0.2, 0.25) is 0 Å². The first-order valence-corrected chi connectivity index (χ1v) is 6.71. The van der Waals surface area contributed by atoms with Crippen LogP contribution in [0.3, 0.4) is 0 Å². The Morgan fingerprint density at radius 3 is 2.61 bits per heavy atom. The predicted octanol–water partition coefficient (Wildman–Crippen LogP) is 4.35. The number of nitriles is 1. The minimum atomic E-state index is -0.207. The van der Waals surface area contributed by atoms with Crippen LogP contribution in [0, 0.1) is 16.7 Å². The Hall–Kier alpha value is -1.49. The highest BCUT2D eigenvalue weighted by molar-refractivity contribution is 5.33. The van der Waals surface area contributed by atoms with E-state index in [9.17, 15) is 0 Å². The molecule has 1 rings (SSSR count). The zero-order chi connectivity index (χ0) is 13.4. The maximum Gasteiger partial charge on any atom is 0.122 e. The monoisotopic (exact) mass is 245 g/mol. The van der Waals surface area contributed by atoms with E-state index >= 15 is 0 Å². The molecule has 18 heavy (non-hydrogen) atoms. The SMILES string of the molecule is CCc1ccccc1OCCCCC(C)(C)C#N. The molecule has 0 bridgehead atoms. The number of rotatable bonds is 7. The molecule has 0 aliphatic heterocycles. The Morgan fingerprint density at radius 2 is 1.94 bits per heavy atom. The minimum Gasteiger partial charge on any atom is -0.493 e. The molecule has 0 heterocycles. The van der Waals surface area contributed by atoms with E-state index in [1.54, 1.807) is 0 Å². The average Bonchev–Trinajstić information content (AvgIpc) is 2.38. The molecule has 0 aliphatic rings. The molecule has 0 unspecified atom stereocenters. The molecular formula is C16H23NO. The van der Waals surface area contributed by atoms with Crippen molar-refractivity contribution < 1.29 is 4.74 Å². The summed E-state index contributed by atoms with van der Waals surface area (Å²) in [7, 11) is 0. The van der Waals surface area contributed by atoms with Gasteiger partial charge in [0.1, 0.15) is 5.75 Å². The van der Waals surface area contributed by atoms with Gasteiger partial charge in [-0.2, -0.15) is 5.26 Å². The summed E-state index contributed by atoms with van der Waals surface area (Å²) in [4.78, 5) is 0. The quantitative estimate of drug-likeness (QED) is 0.669. The van der Waals surface area contributed by atoms with Gasteiger partial charge in [0.25, 0.3) is 0 Å². The molecule has 98 valence electrons. The van der Waals surface area contributed by atoms with Gasteiger partial charge in [0.05, 0.1) is 18.1 Å². The number of nitrogens with zero attached hydrogens (tertiary/aromatic N) is 1. The Bertz CT molecular complexity index is 404. The van der Waals surface area contributed by atoms with Crippen LogP contribution in [-0.4, -0.2) is 6.61 Å². The maximum atomic E-state index is 8.92. The molecule has 0 saturated heterocycles. The lowest BCUT2D eigenvalue weighted by Gasteiger charge is -2.15. The van der Waals surface area contributed by atoms with E-state index in [0.29, 0.717) is 0 Å². The van der Waals surface area contributed by atoms with Gasteiger partial charge in [-0.05, 0) is 51.2 Å². The third-order valence-corrected chi connectivity index (χ3v) is 3.11. The summed E-state index contributed by atoms with van der Waals surface area (Å²) in [6, 6.07) is 10.5. The summed E-state index contributed by atoms with van der Waals surface area (Å²) >= 11 is 0. The Balaban J connectivity index is 2.28. The standard InChI is InChI=1S/C16H23NO/c1-4-14-9-5-6-10-15(14)18-12-8-7-11-16(2,3)13-17/h5-6,9-10H,4,7-8,11-12H2,1-3H3. The van der Waals surface area contributed by atoms with Gasteiger partial charge < -0.3 is 4.74 Å². The van der Waals surface area contributed by atoms with Crippen LogP contribution in [0.4, 0.5) is 0 Å². The second-order valence-corrected chi connectivity index (χ2v) is 5.26. The molecule has 0 N–H and O–H groups in total. The lowest BCUT2D eigenvalue weighted by atomic mass is 9.89. The molecule has 1 aromatic rings. The number of benzene rings is 1. The highest BCUT2D eigenvalue weighted by Gasteiger charge is 2.15. The van der Waals surface area contributed by atoms with Crippen LogP contribution >= 0.6 is 0 Å². The van der Waals surface area contributed by atoms with Crippen molar-refractivity contribution in [3.05, 3.63) is 29.8 Å². The summed E-state index contributed by atoms with van der Waals surface area (Å²) in [5.74, 6) is 1.000. The Labute approximate surface area is 111 Å². The summed E-state index contributed by atoms with van der Waals surface area (Å²) < 4.78 is 5.79. The number of hydrogen-bond donors (Lipinski definition) is 0. The molecule has 0 radical (unpaired) electrons. The summed E-state index contributed by atoms with van der Waals surface area (Å²) in [6.07, 6.45) is 3.97. The van der Waals surface area contributed by atoms with E-state index in [1.807, 2.05) is 32.0 Å². The summed E-state index contributed by atoms with van der Waals surface area (Å²) in [6.45, 7) is 6.84. The van der Waals surface area contributed by atoms with Crippen molar-refractivity contribution in [2.24, 2.45) is 5.41 Å². The van der Waals surface area contributed by atoms with E-state index in [4.69, 9.17) is 10.00 Å². The third-order valence-electron chi connectivity index (χ3n) is 3.11. The first-order valence-electron chi connectivity index (χ1n) is 6.71. The molecule has 0 amide bonds. The van der Waals surface area contributed by atoms with Crippen LogP contribution in [0.25, 0.3) is 0 Å². The molecule has 0 aromatic heterocycles. The molecule has 2 heteroatoms. The van der Waals surface area contributed by atoms with Crippen molar-refractivity contribution in [2.45, 2.75) is 46.5 Å². The largest absolute Gasteiger partial charge is 0.493 e. The number of hydrogen-bond acceptors (Lipinski definition) is 2. The van der Waals surface area contributed by atoms with Gasteiger partial charge in [-0.25, -0.2) is 0 Å². The fraction of sp³-hybridized carbons (Fsp3) is 0.562. The fourth-order valence-corrected chi connectivity index (χ4v) is 1.84. The van der Waals surface area contributed by atoms with Gasteiger partial charge in [-0.1, -0.05) is 25.1 Å². The normalized spacial score (nSPS) is 11.0. The van der Waals surface area contributed by atoms with Crippen LogP contribution in [0.5, 0.6) is 5.75 Å². The second kappa shape index (κ2) is 7.06. The van der Waals surface area contributed by atoms with Gasteiger partial charge in [0, 0.05) is 0 Å². The molecule has 0 saturated carbocycles. The highest BCUT2D eigenvalue weighted by Crippen LogP contribution is 2.22. The first-order chi connectivity index (χ1) is 8.59. The zero-order valence-electron chi connectivity index (χ0n) is 11.7. The Morgan fingerprint density at radius 1 is 1.22 bits per heavy atom. The smallest absolute Gasteiger partial charge is 0.122 e. The van der Waals surface area contributed by atoms with Crippen LogP contribution in [-0.2, 0) is 6.42 Å². The number of para-hydroxylation sites is 1.